The van der Waals surface area contributed by atoms with E-state index in [2.05, 4.69) is 0 Å². The van der Waals surface area contributed by atoms with E-state index >= 15 is 0 Å². The van der Waals surface area contributed by atoms with Crippen LogP contribution < -0.4 is 9.47 Å². The molecule has 1 amide bonds. The van der Waals surface area contributed by atoms with E-state index in [0.29, 0.717) is 18.0 Å². The second-order valence-electron chi connectivity index (χ2n) is 6.48. The molecule has 6 nitrogen and oxygen atoms in total. The second kappa shape index (κ2) is 4.72. The average molecular weight is 317 g/mol. The summed E-state index contributed by atoms with van der Waals surface area (Å²) < 4.78 is 11.4. The predicted octanol–water partition coefficient (Wildman–Crippen LogP) is 0.348. The average Bonchev–Trinajstić information content (AvgIpc) is 2.82. The van der Waals surface area contributed by atoms with Crippen molar-refractivity contribution in [1.82, 2.24) is 4.90 Å². The highest BCUT2D eigenvalue weighted by Gasteiger charge is 2.57. The summed E-state index contributed by atoms with van der Waals surface area (Å²) in [7, 11) is 3.33. The molecule has 0 bridgehead atoms. The number of hydrogen-bond acceptors (Lipinski definition) is 5. The zero-order valence-electron chi connectivity index (χ0n) is 13.0. The summed E-state index contributed by atoms with van der Waals surface area (Å²) in [5.41, 5.74) is 1.10. The molecule has 2 N–H and O–H groups in total. The third kappa shape index (κ3) is 1.79. The Balaban J connectivity index is 2.00. The lowest BCUT2D eigenvalue weighted by Crippen LogP contribution is -2.53. The lowest BCUT2D eigenvalue weighted by molar-refractivity contribution is -0.132. The second-order valence-corrected chi connectivity index (χ2v) is 6.48. The molecule has 4 rings (SSSR count). The van der Waals surface area contributed by atoms with E-state index in [4.69, 9.17) is 9.47 Å². The molecule has 23 heavy (non-hydrogen) atoms. The van der Waals surface area contributed by atoms with E-state index < -0.39 is 23.7 Å². The fraction of sp³-hybridized carbons (Fsp3) is 0.471. The Morgan fingerprint density at radius 2 is 2.17 bits per heavy atom. The SMILES string of the molecule is COc1ccc2c3c1O[C@H]1[C@H](O)[C@@H](O)C=C[C@@]31CC(=O)N(C)C2. The third-order valence-electron chi connectivity index (χ3n) is 5.17. The molecule has 0 saturated heterocycles. The number of benzene rings is 1. The van der Waals surface area contributed by atoms with Crippen LogP contribution >= 0.6 is 0 Å². The van der Waals surface area contributed by atoms with Crippen LogP contribution in [0.2, 0.25) is 0 Å². The van der Waals surface area contributed by atoms with Gasteiger partial charge in [-0.15, -0.1) is 0 Å². The van der Waals surface area contributed by atoms with Crippen molar-refractivity contribution in [3.05, 3.63) is 35.4 Å². The first-order valence-electron chi connectivity index (χ1n) is 7.64. The predicted molar refractivity (Wildman–Crippen MR) is 81.3 cm³/mol. The molecule has 1 aliphatic carbocycles. The molecule has 2 aliphatic heterocycles. The summed E-state index contributed by atoms with van der Waals surface area (Å²) >= 11 is 0. The number of carbonyl (C=O) groups is 1. The maximum absolute atomic E-state index is 12.5. The zero-order valence-corrected chi connectivity index (χ0v) is 13.0. The Bertz CT molecular complexity index is 715. The zero-order chi connectivity index (χ0) is 16.4. The van der Waals surface area contributed by atoms with E-state index in [1.165, 1.54) is 0 Å². The number of methoxy groups -OCH3 is 1. The van der Waals surface area contributed by atoms with Crippen LogP contribution in [0.5, 0.6) is 11.5 Å². The number of amides is 1. The third-order valence-corrected chi connectivity index (χ3v) is 5.17. The molecule has 122 valence electrons. The molecule has 6 heteroatoms. The van der Waals surface area contributed by atoms with Gasteiger partial charge in [0.2, 0.25) is 5.91 Å². The van der Waals surface area contributed by atoms with Crippen LogP contribution in [0.3, 0.4) is 0 Å². The minimum Gasteiger partial charge on any atom is -0.493 e. The molecular weight excluding hydrogens is 298 g/mol. The Labute approximate surface area is 133 Å². The highest BCUT2D eigenvalue weighted by Crippen LogP contribution is 2.55. The lowest BCUT2D eigenvalue weighted by atomic mass is 9.68. The van der Waals surface area contributed by atoms with Gasteiger partial charge in [0, 0.05) is 25.6 Å². The first-order valence-corrected chi connectivity index (χ1v) is 7.64. The number of hydrogen-bond donors (Lipinski definition) is 2. The molecule has 0 fully saturated rings. The van der Waals surface area contributed by atoms with Gasteiger partial charge in [-0.25, -0.2) is 0 Å². The van der Waals surface area contributed by atoms with Crippen LogP contribution in [0.15, 0.2) is 24.3 Å². The van der Waals surface area contributed by atoms with Gasteiger partial charge in [-0.2, -0.15) is 0 Å². The maximum atomic E-state index is 12.5. The lowest BCUT2D eigenvalue weighted by Gasteiger charge is -2.38. The van der Waals surface area contributed by atoms with Crippen molar-refractivity contribution < 1.29 is 24.5 Å². The molecule has 0 unspecified atom stereocenters. The van der Waals surface area contributed by atoms with E-state index in [0.717, 1.165) is 11.1 Å². The van der Waals surface area contributed by atoms with Gasteiger partial charge in [0.05, 0.1) is 12.5 Å². The standard InChI is InChI=1S/C17H19NO5/c1-18-8-9-3-4-11(22-2)15-13(9)17(7-12(18)20)6-5-10(19)14(21)16(17)23-15/h3-6,10,14,16,19,21H,7-8H2,1-2H3/t10-,14+,16-,17+/m0/s1. The number of rotatable bonds is 1. The van der Waals surface area contributed by atoms with Crippen LogP contribution in [0.4, 0.5) is 0 Å². The number of ether oxygens (including phenoxy) is 2. The van der Waals surface area contributed by atoms with E-state index in [1.54, 1.807) is 25.1 Å². The molecule has 1 spiro atoms. The molecular formula is C17H19NO5. The fourth-order valence-corrected chi connectivity index (χ4v) is 3.99. The van der Waals surface area contributed by atoms with E-state index in [9.17, 15) is 15.0 Å². The Hall–Kier alpha value is -2.05. The first kappa shape index (κ1) is 14.5. The summed E-state index contributed by atoms with van der Waals surface area (Å²) in [4.78, 5) is 14.2. The molecule has 4 atom stereocenters. The van der Waals surface area contributed by atoms with Crippen molar-refractivity contribution >= 4 is 5.91 Å². The quantitative estimate of drug-likeness (QED) is 0.731. The van der Waals surface area contributed by atoms with Crippen LogP contribution in [0, 0.1) is 0 Å². The Kier molecular flexibility index (Phi) is 2.98. The summed E-state index contributed by atoms with van der Waals surface area (Å²) in [5, 5.41) is 20.4. The number of aliphatic hydroxyl groups is 2. The van der Waals surface area contributed by atoms with Crippen molar-refractivity contribution in [2.24, 2.45) is 0 Å². The fourth-order valence-electron chi connectivity index (χ4n) is 3.99. The van der Waals surface area contributed by atoms with Crippen LogP contribution in [-0.2, 0) is 16.8 Å². The highest BCUT2D eigenvalue weighted by atomic mass is 16.5. The molecule has 1 aromatic carbocycles. The van der Waals surface area contributed by atoms with Crippen molar-refractivity contribution in [3.63, 3.8) is 0 Å². The monoisotopic (exact) mass is 317 g/mol. The molecule has 0 radical (unpaired) electrons. The van der Waals surface area contributed by atoms with Crippen molar-refractivity contribution in [3.8, 4) is 11.5 Å². The summed E-state index contributed by atoms with van der Waals surface area (Å²) in [6, 6.07) is 3.75. The van der Waals surface area contributed by atoms with Gasteiger partial charge in [-0.05, 0) is 11.6 Å². The van der Waals surface area contributed by atoms with Crippen LogP contribution in [0.1, 0.15) is 17.5 Å². The molecule has 0 saturated carbocycles. The van der Waals surface area contributed by atoms with Crippen molar-refractivity contribution in [2.75, 3.05) is 14.2 Å². The van der Waals surface area contributed by atoms with Gasteiger partial charge in [0.15, 0.2) is 11.5 Å². The van der Waals surface area contributed by atoms with Gasteiger partial charge in [0.25, 0.3) is 0 Å². The van der Waals surface area contributed by atoms with Gasteiger partial charge in [0.1, 0.15) is 18.3 Å². The minimum atomic E-state index is -1.10. The molecule has 2 heterocycles. The summed E-state index contributed by atoms with van der Waals surface area (Å²) in [6.07, 6.45) is 0.763. The van der Waals surface area contributed by atoms with Crippen molar-refractivity contribution in [1.29, 1.82) is 0 Å². The molecule has 0 aromatic heterocycles. The largest absolute Gasteiger partial charge is 0.493 e. The van der Waals surface area contributed by atoms with Crippen LogP contribution in [0.25, 0.3) is 0 Å². The summed E-state index contributed by atoms with van der Waals surface area (Å²) in [6.45, 7) is 0.482. The van der Waals surface area contributed by atoms with Crippen LogP contribution in [-0.4, -0.2) is 53.5 Å². The smallest absolute Gasteiger partial charge is 0.223 e. The van der Waals surface area contributed by atoms with Gasteiger partial charge < -0.3 is 24.6 Å². The number of nitrogens with zero attached hydrogens (tertiary/aromatic N) is 1. The molecule has 3 aliphatic rings. The van der Waals surface area contributed by atoms with Gasteiger partial charge in [-0.1, -0.05) is 18.2 Å². The van der Waals surface area contributed by atoms with E-state index in [1.807, 2.05) is 18.2 Å². The number of carbonyl (C=O) groups excluding carboxylic acids is 1. The normalized spacial score (nSPS) is 34.5. The van der Waals surface area contributed by atoms with Crippen molar-refractivity contribution in [2.45, 2.75) is 36.7 Å². The van der Waals surface area contributed by atoms with E-state index in [-0.39, 0.29) is 12.3 Å². The maximum Gasteiger partial charge on any atom is 0.223 e. The number of aliphatic hydroxyl groups excluding tert-OH is 2. The first-order chi connectivity index (χ1) is 11.0. The van der Waals surface area contributed by atoms with Gasteiger partial charge in [-0.3, -0.25) is 4.79 Å². The Morgan fingerprint density at radius 1 is 1.39 bits per heavy atom. The highest BCUT2D eigenvalue weighted by molar-refractivity contribution is 5.81. The van der Waals surface area contributed by atoms with Gasteiger partial charge >= 0.3 is 0 Å². The molecule has 1 aromatic rings. The summed E-state index contributed by atoms with van der Waals surface area (Å²) in [5.74, 6) is 1.12. The minimum absolute atomic E-state index is 0.0187. The Morgan fingerprint density at radius 3 is 2.91 bits per heavy atom. The topological polar surface area (TPSA) is 79.2 Å².